The van der Waals surface area contributed by atoms with E-state index in [2.05, 4.69) is 70.3 Å². The second-order valence-electron chi connectivity index (χ2n) is 6.37. The van der Waals surface area contributed by atoms with Gasteiger partial charge in [-0.25, -0.2) is 10.2 Å². The van der Waals surface area contributed by atoms with E-state index in [1.165, 1.54) is 3.57 Å². The van der Waals surface area contributed by atoms with E-state index < -0.39 is 6.03 Å². The van der Waals surface area contributed by atoms with Gasteiger partial charge in [0.05, 0.1) is 15.2 Å². The van der Waals surface area contributed by atoms with E-state index in [0.717, 1.165) is 31.3 Å². The fraction of sp³-hybridized carbons (Fsp3) is 0.0909. The molecular formula is C22H18Br2IN3O2. The number of carbonyl (C=O) groups excluding carboxylic acids is 1. The highest BCUT2D eigenvalue weighted by Gasteiger charge is 2.09. The van der Waals surface area contributed by atoms with Crippen LogP contribution in [0, 0.1) is 10.5 Å². The van der Waals surface area contributed by atoms with Crippen molar-refractivity contribution in [3.8, 4) is 5.75 Å². The van der Waals surface area contributed by atoms with Gasteiger partial charge in [-0.15, -0.1) is 0 Å². The first-order valence-electron chi connectivity index (χ1n) is 8.94. The van der Waals surface area contributed by atoms with E-state index >= 15 is 0 Å². The van der Waals surface area contributed by atoms with Gasteiger partial charge in [0.2, 0.25) is 0 Å². The van der Waals surface area contributed by atoms with Crippen LogP contribution < -0.4 is 15.5 Å². The molecule has 3 aromatic carbocycles. The van der Waals surface area contributed by atoms with Gasteiger partial charge in [-0.1, -0.05) is 30.3 Å². The van der Waals surface area contributed by atoms with Gasteiger partial charge in [0.25, 0.3) is 0 Å². The summed E-state index contributed by atoms with van der Waals surface area (Å²) in [6, 6.07) is 19.1. The fourth-order valence-corrected chi connectivity index (χ4v) is 4.37. The van der Waals surface area contributed by atoms with Gasteiger partial charge in [-0.2, -0.15) is 5.10 Å². The highest BCUT2D eigenvalue weighted by Crippen LogP contribution is 2.35. The molecule has 5 nitrogen and oxygen atoms in total. The van der Waals surface area contributed by atoms with Crippen molar-refractivity contribution >= 4 is 72.4 Å². The van der Waals surface area contributed by atoms with Crippen LogP contribution in [0.15, 0.2) is 74.7 Å². The quantitative estimate of drug-likeness (QED) is 0.175. The predicted molar refractivity (Wildman–Crippen MR) is 136 cm³/mol. The lowest BCUT2D eigenvalue weighted by atomic mass is 10.2. The number of para-hydroxylation sites is 1. The molecule has 2 amide bonds. The third kappa shape index (κ3) is 6.55. The number of carbonyl (C=O) groups is 1. The Morgan fingerprint density at radius 1 is 1.10 bits per heavy atom. The molecule has 0 saturated carbocycles. The number of urea groups is 1. The SMILES string of the molecule is Cc1ccccc1NC(=O)NN=Cc1cc(Br)c(OCc2ccc(I)cc2)c(Br)c1. The van der Waals surface area contributed by atoms with Crippen molar-refractivity contribution in [2.45, 2.75) is 13.5 Å². The van der Waals surface area contributed by atoms with Gasteiger partial charge in [-0.05, 0) is 108 Å². The van der Waals surface area contributed by atoms with Crippen molar-refractivity contribution in [1.82, 2.24) is 5.43 Å². The first-order chi connectivity index (χ1) is 14.4. The summed E-state index contributed by atoms with van der Waals surface area (Å²) in [7, 11) is 0. The number of rotatable bonds is 6. The van der Waals surface area contributed by atoms with Crippen LogP contribution in [0.5, 0.6) is 5.75 Å². The Morgan fingerprint density at radius 3 is 2.43 bits per heavy atom. The van der Waals surface area contributed by atoms with E-state index in [-0.39, 0.29) is 0 Å². The second kappa shape index (κ2) is 10.9. The van der Waals surface area contributed by atoms with Crippen LogP contribution in [0.2, 0.25) is 0 Å². The molecule has 0 unspecified atom stereocenters. The Labute approximate surface area is 205 Å². The molecule has 0 fully saturated rings. The highest BCUT2D eigenvalue weighted by molar-refractivity contribution is 14.1. The average Bonchev–Trinajstić information content (AvgIpc) is 2.70. The van der Waals surface area contributed by atoms with E-state index in [9.17, 15) is 4.79 Å². The zero-order chi connectivity index (χ0) is 21.5. The van der Waals surface area contributed by atoms with Gasteiger partial charge < -0.3 is 10.1 Å². The molecule has 3 aromatic rings. The molecule has 0 atom stereocenters. The van der Waals surface area contributed by atoms with E-state index in [0.29, 0.717) is 12.4 Å². The second-order valence-corrected chi connectivity index (χ2v) is 9.32. The number of benzene rings is 3. The van der Waals surface area contributed by atoms with Crippen molar-refractivity contribution < 1.29 is 9.53 Å². The van der Waals surface area contributed by atoms with Gasteiger partial charge in [0.15, 0.2) is 0 Å². The standard InChI is InChI=1S/C22H18Br2IN3O2/c1-14-4-2-3-5-20(14)27-22(29)28-26-12-16-10-18(23)21(19(24)11-16)30-13-15-6-8-17(25)9-7-15/h2-12H,13H2,1H3,(H2,27,28,29). The molecule has 0 aliphatic heterocycles. The number of amides is 2. The average molecular weight is 643 g/mol. The minimum Gasteiger partial charge on any atom is -0.487 e. The van der Waals surface area contributed by atoms with Crippen LogP contribution >= 0.6 is 54.5 Å². The summed E-state index contributed by atoms with van der Waals surface area (Å²) in [6.45, 7) is 2.39. The predicted octanol–water partition coefficient (Wildman–Crippen LogP) is 6.86. The number of hydrogen-bond acceptors (Lipinski definition) is 3. The molecule has 0 aliphatic rings. The van der Waals surface area contributed by atoms with Gasteiger partial charge in [-0.3, -0.25) is 0 Å². The maximum absolute atomic E-state index is 12.0. The minimum atomic E-state index is -0.406. The summed E-state index contributed by atoms with van der Waals surface area (Å²) >= 11 is 9.35. The van der Waals surface area contributed by atoms with E-state index in [4.69, 9.17) is 4.74 Å². The molecule has 30 heavy (non-hydrogen) atoms. The molecular weight excluding hydrogens is 625 g/mol. The highest BCUT2D eigenvalue weighted by atomic mass is 127. The molecule has 2 N–H and O–H groups in total. The summed E-state index contributed by atoms with van der Waals surface area (Å²) in [6.07, 6.45) is 1.57. The lowest BCUT2D eigenvalue weighted by Gasteiger charge is -2.11. The van der Waals surface area contributed by atoms with Crippen molar-refractivity contribution in [1.29, 1.82) is 0 Å². The fourth-order valence-electron chi connectivity index (χ4n) is 2.56. The summed E-state index contributed by atoms with van der Waals surface area (Å²) in [5.41, 5.74) is 6.07. The summed E-state index contributed by atoms with van der Waals surface area (Å²) < 4.78 is 8.70. The molecule has 0 bridgehead atoms. The van der Waals surface area contributed by atoms with Gasteiger partial charge in [0.1, 0.15) is 12.4 Å². The third-order valence-electron chi connectivity index (χ3n) is 4.09. The van der Waals surface area contributed by atoms with Gasteiger partial charge >= 0.3 is 6.03 Å². The number of ether oxygens (including phenoxy) is 1. The molecule has 0 saturated heterocycles. The molecule has 154 valence electrons. The van der Waals surface area contributed by atoms with Crippen molar-refractivity contribution in [2.24, 2.45) is 5.10 Å². The van der Waals surface area contributed by atoms with Gasteiger partial charge in [0, 0.05) is 9.26 Å². The maximum Gasteiger partial charge on any atom is 0.339 e. The molecule has 0 spiro atoms. The van der Waals surface area contributed by atoms with Crippen molar-refractivity contribution in [3.63, 3.8) is 0 Å². The zero-order valence-electron chi connectivity index (χ0n) is 16.0. The molecule has 0 heterocycles. The molecule has 8 heteroatoms. The molecule has 3 rings (SSSR count). The molecule has 0 aromatic heterocycles. The lowest BCUT2D eigenvalue weighted by molar-refractivity contribution is 0.252. The number of nitrogens with zero attached hydrogens (tertiary/aromatic N) is 1. The number of halogens is 3. The Bertz CT molecular complexity index is 1050. The Kier molecular flexibility index (Phi) is 8.29. The number of hydrazone groups is 1. The van der Waals surface area contributed by atoms with Crippen LogP contribution in [-0.4, -0.2) is 12.2 Å². The Balaban J connectivity index is 1.59. The lowest BCUT2D eigenvalue weighted by Crippen LogP contribution is -2.24. The van der Waals surface area contributed by atoms with Crippen molar-refractivity contribution in [2.75, 3.05) is 5.32 Å². The smallest absolute Gasteiger partial charge is 0.339 e. The van der Waals surface area contributed by atoms with Crippen LogP contribution in [0.25, 0.3) is 0 Å². The van der Waals surface area contributed by atoms with E-state index in [1.54, 1.807) is 6.21 Å². The van der Waals surface area contributed by atoms with Crippen LogP contribution in [0.1, 0.15) is 16.7 Å². The zero-order valence-corrected chi connectivity index (χ0v) is 21.3. The maximum atomic E-state index is 12.0. The largest absolute Gasteiger partial charge is 0.487 e. The van der Waals surface area contributed by atoms with Crippen molar-refractivity contribution in [3.05, 3.63) is 89.9 Å². The topological polar surface area (TPSA) is 62.7 Å². The van der Waals surface area contributed by atoms with Crippen LogP contribution in [0.3, 0.4) is 0 Å². The van der Waals surface area contributed by atoms with Crippen LogP contribution in [-0.2, 0) is 6.61 Å². The molecule has 0 radical (unpaired) electrons. The van der Waals surface area contributed by atoms with Crippen LogP contribution in [0.4, 0.5) is 10.5 Å². The monoisotopic (exact) mass is 641 g/mol. The molecule has 0 aliphatic carbocycles. The third-order valence-corrected chi connectivity index (χ3v) is 5.99. The summed E-state index contributed by atoms with van der Waals surface area (Å²) in [5.74, 6) is 0.705. The number of hydrogen-bond donors (Lipinski definition) is 2. The summed E-state index contributed by atoms with van der Waals surface area (Å²) in [5, 5.41) is 6.77. The Morgan fingerprint density at radius 2 is 1.77 bits per heavy atom. The first-order valence-corrected chi connectivity index (χ1v) is 11.6. The normalized spacial score (nSPS) is 10.8. The summed E-state index contributed by atoms with van der Waals surface area (Å²) in [4.78, 5) is 12.0. The first kappa shape index (κ1) is 22.8. The number of anilines is 1. The number of aryl methyl sites for hydroxylation is 1. The number of nitrogens with one attached hydrogen (secondary N) is 2. The Hall–Kier alpha value is -1.91. The minimum absolute atomic E-state index is 0.406. The van der Waals surface area contributed by atoms with E-state index in [1.807, 2.05) is 67.6 Å².